The van der Waals surface area contributed by atoms with Crippen molar-refractivity contribution in [2.24, 2.45) is 0 Å². The minimum absolute atomic E-state index is 0.246. The molecule has 3 heterocycles. The SMILES string of the molecule is CCOC(=O)N1CCN(c2nc(C)cc(N(C)CCc3ccncc3)n2)CC1. The maximum Gasteiger partial charge on any atom is 0.409 e. The molecule has 150 valence electrons. The Bertz CT molecular complexity index is 778. The van der Waals surface area contributed by atoms with Gasteiger partial charge in [-0.2, -0.15) is 4.98 Å². The normalized spacial score (nSPS) is 14.1. The number of aromatic nitrogens is 3. The zero-order chi connectivity index (χ0) is 19.9. The Kier molecular flexibility index (Phi) is 6.62. The van der Waals surface area contributed by atoms with Gasteiger partial charge in [0.05, 0.1) is 6.61 Å². The number of nitrogens with zero attached hydrogens (tertiary/aromatic N) is 6. The lowest BCUT2D eigenvalue weighted by molar-refractivity contribution is 0.105. The molecule has 0 aliphatic carbocycles. The van der Waals surface area contributed by atoms with Crippen molar-refractivity contribution in [3.05, 3.63) is 41.9 Å². The number of amides is 1. The van der Waals surface area contributed by atoms with E-state index in [4.69, 9.17) is 9.72 Å². The molecule has 0 aromatic carbocycles. The number of pyridine rings is 1. The smallest absolute Gasteiger partial charge is 0.409 e. The van der Waals surface area contributed by atoms with Gasteiger partial charge in [0.25, 0.3) is 0 Å². The molecule has 8 nitrogen and oxygen atoms in total. The van der Waals surface area contributed by atoms with E-state index in [1.54, 1.807) is 4.90 Å². The van der Waals surface area contributed by atoms with E-state index >= 15 is 0 Å². The Balaban J connectivity index is 1.62. The monoisotopic (exact) mass is 384 g/mol. The standard InChI is InChI=1S/C20H28N6O2/c1-4-28-20(27)26-13-11-25(12-14-26)19-22-16(2)15-18(23-19)24(3)10-7-17-5-8-21-9-6-17/h5-6,8-9,15H,4,7,10-14H2,1-3H3. The minimum atomic E-state index is -0.246. The summed E-state index contributed by atoms with van der Waals surface area (Å²) in [6, 6.07) is 6.08. The third-order valence-corrected chi connectivity index (χ3v) is 4.79. The summed E-state index contributed by atoms with van der Waals surface area (Å²) in [5.41, 5.74) is 2.19. The first-order valence-corrected chi connectivity index (χ1v) is 9.69. The number of hydrogen-bond donors (Lipinski definition) is 0. The van der Waals surface area contributed by atoms with Gasteiger partial charge < -0.3 is 19.4 Å². The lowest BCUT2D eigenvalue weighted by atomic mass is 10.2. The van der Waals surface area contributed by atoms with Gasteiger partial charge in [-0.25, -0.2) is 9.78 Å². The number of aryl methyl sites for hydroxylation is 1. The number of likely N-dealkylation sites (N-methyl/N-ethyl adjacent to an activating group) is 1. The third-order valence-electron chi connectivity index (χ3n) is 4.79. The molecular formula is C20H28N6O2. The van der Waals surface area contributed by atoms with E-state index in [0.29, 0.717) is 38.7 Å². The van der Waals surface area contributed by atoms with Crippen molar-refractivity contribution in [2.75, 3.05) is 56.2 Å². The Morgan fingerprint density at radius 2 is 1.89 bits per heavy atom. The summed E-state index contributed by atoms with van der Waals surface area (Å²) in [5.74, 6) is 1.62. The zero-order valence-electron chi connectivity index (χ0n) is 16.8. The van der Waals surface area contributed by atoms with E-state index in [1.807, 2.05) is 51.5 Å². The van der Waals surface area contributed by atoms with Crippen molar-refractivity contribution in [3.63, 3.8) is 0 Å². The molecule has 1 aliphatic rings. The lowest BCUT2D eigenvalue weighted by Crippen LogP contribution is -2.49. The predicted molar refractivity (Wildman–Crippen MR) is 109 cm³/mol. The minimum Gasteiger partial charge on any atom is -0.450 e. The van der Waals surface area contributed by atoms with Crippen LogP contribution in [-0.2, 0) is 11.2 Å². The van der Waals surface area contributed by atoms with Crippen molar-refractivity contribution < 1.29 is 9.53 Å². The molecule has 1 fully saturated rings. The molecule has 0 N–H and O–H groups in total. The largest absolute Gasteiger partial charge is 0.450 e. The van der Waals surface area contributed by atoms with Gasteiger partial charge in [0, 0.05) is 63.9 Å². The molecule has 0 bridgehead atoms. The van der Waals surface area contributed by atoms with Crippen LogP contribution in [0.2, 0.25) is 0 Å². The van der Waals surface area contributed by atoms with Crippen molar-refractivity contribution in [1.29, 1.82) is 0 Å². The summed E-state index contributed by atoms with van der Waals surface area (Å²) in [5, 5.41) is 0. The molecule has 0 radical (unpaired) electrons. The molecular weight excluding hydrogens is 356 g/mol. The van der Waals surface area contributed by atoms with E-state index in [1.165, 1.54) is 5.56 Å². The van der Waals surface area contributed by atoms with Crippen LogP contribution in [0.15, 0.2) is 30.6 Å². The predicted octanol–water partition coefficient (Wildman–Crippen LogP) is 2.14. The first kappa shape index (κ1) is 19.9. The van der Waals surface area contributed by atoms with Crippen LogP contribution in [0.3, 0.4) is 0 Å². The second-order valence-corrected chi connectivity index (χ2v) is 6.87. The first-order chi connectivity index (χ1) is 13.6. The Morgan fingerprint density at radius 3 is 2.57 bits per heavy atom. The third kappa shape index (κ3) is 5.09. The summed E-state index contributed by atoms with van der Waals surface area (Å²) in [6.45, 7) is 7.69. The fourth-order valence-corrected chi connectivity index (χ4v) is 3.14. The molecule has 0 unspecified atom stereocenters. The van der Waals surface area contributed by atoms with Gasteiger partial charge in [-0.3, -0.25) is 4.98 Å². The van der Waals surface area contributed by atoms with Crippen LogP contribution in [0.25, 0.3) is 0 Å². The Labute approximate surface area is 166 Å². The zero-order valence-corrected chi connectivity index (χ0v) is 16.8. The van der Waals surface area contributed by atoms with Crippen molar-refractivity contribution >= 4 is 17.9 Å². The second kappa shape index (κ2) is 9.34. The number of hydrogen-bond acceptors (Lipinski definition) is 7. The summed E-state index contributed by atoms with van der Waals surface area (Å²) in [4.78, 5) is 31.3. The fraction of sp³-hybridized carbons (Fsp3) is 0.500. The highest BCUT2D eigenvalue weighted by Gasteiger charge is 2.24. The van der Waals surface area contributed by atoms with Gasteiger partial charge in [-0.05, 0) is 38.0 Å². The molecule has 0 saturated carbocycles. The Morgan fingerprint density at radius 1 is 1.18 bits per heavy atom. The van der Waals surface area contributed by atoms with Gasteiger partial charge in [0.15, 0.2) is 0 Å². The molecule has 2 aromatic heterocycles. The first-order valence-electron chi connectivity index (χ1n) is 9.69. The summed E-state index contributed by atoms with van der Waals surface area (Å²) < 4.78 is 5.08. The highest BCUT2D eigenvalue weighted by molar-refractivity contribution is 5.68. The molecule has 3 rings (SSSR count). The van der Waals surface area contributed by atoms with Gasteiger partial charge in [-0.1, -0.05) is 0 Å². The molecule has 28 heavy (non-hydrogen) atoms. The van der Waals surface area contributed by atoms with Crippen molar-refractivity contribution in [2.45, 2.75) is 20.3 Å². The van der Waals surface area contributed by atoms with Gasteiger partial charge in [0.1, 0.15) is 5.82 Å². The number of piperazine rings is 1. The molecule has 1 amide bonds. The van der Waals surface area contributed by atoms with Gasteiger partial charge in [-0.15, -0.1) is 0 Å². The summed E-state index contributed by atoms with van der Waals surface area (Å²) in [6.07, 6.45) is 4.32. The summed E-state index contributed by atoms with van der Waals surface area (Å²) in [7, 11) is 2.05. The van der Waals surface area contributed by atoms with E-state index in [-0.39, 0.29) is 6.09 Å². The van der Waals surface area contributed by atoms with Gasteiger partial charge >= 0.3 is 6.09 Å². The van der Waals surface area contributed by atoms with Crippen LogP contribution >= 0.6 is 0 Å². The number of carbonyl (C=O) groups excluding carboxylic acids is 1. The van der Waals surface area contributed by atoms with E-state index in [9.17, 15) is 4.79 Å². The quantitative estimate of drug-likeness (QED) is 0.755. The topological polar surface area (TPSA) is 74.7 Å². The highest BCUT2D eigenvalue weighted by Crippen LogP contribution is 2.18. The van der Waals surface area contributed by atoms with Gasteiger partial charge in [0.2, 0.25) is 5.95 Å². The van der Waals surface area contributed by atoms with Crippen LogP contribution in [0.4, 0.5) is 16.6 Å². The number of carbonyl (C=O) groups is 1. The molecule has 1 aliphatic heterocycles. The molecule has 1 saturated heterocycles. The Hall–Kier alpha value is -2.90. The maximum atomic E-state index is 11.9. The van der Waals surface area contributed by atoms with Crippen LogP contribution in [-0.4, -0.2) is 72.3 Å². The number of ether oxygens (including phenoxy) is 1. The number of rotatable bonds is 6. The van der Waals surface area contributed by atoms with Crippen LogP contribution in [0, 0.1) is 6.92 Å². The van der Waals surface area contributed by atoms with E-state index in [0.717, 1.165) is 24.5 Å². The van der Waals surface area contributed by atoms with E-state index < -0.39 is 0 Å². The highest BCUT2D eigenvalue weighted by atomic mass is 16.6. The lowest BCUT2D eigenvalue weighted by Gasteiger charge is -2.34. The van der Waals surface area contributed by atoms with Crippen LogP contribution in [0.1, 0.15) is 18.2 Å². The van der Waals surface area contributed by atoms with Crippen LogP contribution < -0.4 is 9.80 Å². The van der Waals surface area contributed by atoms with Crippen molar-refractivity contribution in [1.82, 2.24) is 19.9 Å². The second-order valence-electron chi connectivity index (χ2n) is 6.87. The van der Waals surface area contributed by atoms with Crippen molar-refractivity contribution in [3.8, 4) is 0 Å². The van der Waals surface area contributed by atoms with E-state index in [2.05, 4.69) is 19.8 Å². The average molecular weight is 384 g/mol. The molecule has 2 aromatic rings. The molecule has 0 spiro atoms. The average Bonchev–Trinajstić information content (AvgIpc) is 2.72. The molecule has 0 atom stereocenters. The number of anilines is 2. The van der Waals surface area contributed by atoms with Crippen LogP contribution in [0.5, 0.6) is 0 Å². The summed E-state index contributed by atoms with van der Waals surface area (Å²) >= 11 is 0. The maximum absolute atomic E-state index is 11.9. The fourth-order valence-electron chi connectivity index (χ4n) is 3.14. The molecule has 8 heteroatoms.